The van der Waals surface area contributed by atoms with Crippen LogP contribution in [-0.4, -0.2) is 35.2 Å². The zero-order valence-corrected chi connectivity index (χ0v) is 14.2. The van der Waals surface area contributed by atoms with Crippen molar-refractivity contribution >= 4 is 33.5 Å². The van der Waals surface area contributed by atoms with Gasteiger partial charge in [0.15, 0.2) is 0 Å². The molecule has 0 bridgehead atoms. The van der Waals surface area contributed by atoms with Gasteiger partial charge in [0, 0.05) is 0 Å². The van der Waals surface area contributed by atoms with Crippen molar-refractivity contribution in [2.75, 3.05) is 13.7 Å². The highest BCUT2D eigenvalue weighted by Gasteiger charge is 2.25. The van der Waals surface area contributed by atoms with E-state index in [4.69, 9.17) is 9.47 Å². The fourth-order valence-electron chi connectivity index (χ4n) is 2.36. The van der Waals surface area contributed by atoms with Gasteiger partial charge in [-0.3, -0.25) is 9.36 Å². The van der Waals surface area contributed by atoms with E-state index < -0.39 is 18.0 Å². The van der Waals surface area contributed by atoms with E-state index in [0.717, 1.165) is 11.3 Å². The molecule has 0 aliphatic carbocycles. The SMILES string of the molecule is CCOC(=O)C(CC)n1cnc2sc(C(=O)OC)c(C)c2c1=O. The second-order valence-corrected chi connectivity index (χ2v) is 5.86. The van der Waals surface area contributed by atoms with Crippen molar-refractivity contribution in [2.24, 2.45) is 0 Å². The maximum absolute atomic E-state index is 12.8. The lowest BCUT2D eigenvalue weighted by atomic mass is 10.2. The number of hydrogen-bond donors (Lipinski definition) is 0. The van der Waals surface area contributed by atoms with Crippen LogP contribution in [0, 0.1) is 6.92 Å². The number of thiophene rings is 1. The molecule has 2 aromatic heterocycles. The van der Waals surface area contributed by atoms with Crippen LogP contribution < -0.4 is 5.56 Å². The number of aryl methyl sites for hydroxylation is 1. The minimum atomic E-state index is -0.736. The monoisotopic (exact) mass is 338 g/mol. The first kappa shape index (κ1) is 17.1. The second-order valence-electron chi connectivity index (χ2n) is 4.86. The van der Waals surface area contributed by atoms with Crippen molar-refractivity contribution < 1.29 is 19.1 Å². The van der Waals surface area contributed by atoms with E-state index in [-0.39, 0.29) is 12.2 Å². The van der Waals surface area contributed by atoms with Gasteiger partial charge in [-0.2, -0.15) is 0 Å². The third-order valence-corrected chi connectivity index (χ3v) is 4.71. The summed E-state index contributed by atoms with van der Waals surface area (Å²) in [4.78, 5) is 41.5. The van der Waals surface area contributed by atoms with Crippen molar-refractivity contribution in [1.29, 1.82) is 0 Å². The van der Waals surface area contributed by atoms with E-state index in [0.29, 0.717) is 27.1 Å². The minimum absolute atomic E-state index is 0.240. The summed E-state index contributed by atoms with van der Waals surface area (Å²) in [6, 6.07) is -0.736. The number of methoxy groups -OCH3 is 1. The molecule has 0 aliphatic rings. The highest BCUT2D eigenvalue weighted by molar-refractivity contribution is 7.20. The summed E-state index contributed by atoms with van der Waals surface area (Å²) < 4.78 is 11.0. The molecule has 0 spiro atoms. The molecule has 2 rings (SSSR count). The number of ether oxygens (including phenoxy) is 2. The van der Waals surface area contributed by atoms with Crippen LogP contribution in [0.5, 0.6) is 0 Å². The van der Waals surface area contributed by atoms with E-state index in [9.17, 15) is 14.4 Å². The lowest BCUT2D eigenvalue weighted by molar-refractivity contribution is -0.147. The lowest BCUT2D eigenvalue weighted by Crippen LogP contribution is -2.31. The summed E-state index contributed by atoms with van der Waals surface area (Å²) >= 11 is 1.10. The number of nitrogens with zero attached hydrogens (tertiary/aromatic N) is 2. The van der Waals surface area contributed by atoms with Gasteiger partial charge < -0.3 is 9.47 Å². The molecular formula is C15H18N2O5S. The average molecular weight is 338 g/mol. The molecule has 0 aliphatic heterocycles. The zero-order chi connectivity index (χ0) is 17.1. The first-order valence-corrected chi connectivity index (χ1v) is 8.03. The highest BCUT2D eigenvalue weighted by Crippen LogP contribution is 2.28. The topological polar surface area (TPSA) is 87.5 Å². The Morgan fingerprint density at radius 2 is 2.09 bits per heavy atom. The molecule has 23 heavy (non-hydrogen) atoms. The Hall–Kier alpha value is -2.22. The number of rotatable bonds is 5. The maximum atomic E-state index is 12.8. The average Bonchev–Trinajstić information content (AvgIpc) is 2.87. The number of carbonyl (C=O) groups is 2. The molecule has 7 nitrogen and oxygen atoms in total. The molecule has 0 aromatic carbocycles. The number of aromatic nitrogens is 2. The fourth-order valence-corrected chi connectivity index (χ4v) is 3.42. The molecule has 0 N–H and O–H groups in total. The van der Waals surface area contributed by atoms with Gasteiger partial charge in [-0.05, 0) is 25.8 Å². The standard InChI is InChI=1S/C15H18N2O5S/c1-5-9(14(19)22-6-2)17-7-16-12-10(13(17)18)8(3)11(23-12)15(20)21-4/h7,9H,5-6H2,1-4H3. The predicted octanol–water partition coefficient (Wildman–Crippen LogP) is 2.07. The van der Waals surface area contributed by atoms with Crippen LogP contribution in [0.1, 0.15) is 41.5 Å². The van der Waals surface area contributed by atoms with Gasteiger partial charge in [-0.1, -0.05) is 6.92 Å². The Labute approximate surface area is 136 Å². The van der Waals surface area contributed by atoms with E-state index in [1.807, 2.05) is 0 Å². The van der Waals surface area contributed by atoms with Gasteiger partial charge in [0.05, 0.1) is 25.4 Å². The summed E-state index contributed by atoms with van der Waals surface area (Å²) in [5.74, 6) is -0.979. The molecule has 0 radical (unpaired) electrons. The third-order valence-electron chi connectivity index (χ3n) is 3.53. The van der Waals surface area contributed by atoms with Crippen molar-refractivity contribution in [3.63, 3.8) is 0 Å². The van der Waals surface area contributed by atoms with E-state index in [2.05, 4.69) is 4.98 Å². The van der Waals surface area contributed by atoms with Crippen LogP contribution in [0.3, 0.4) is 0 Å². The number of fused-ring (bicyclic) bond motifs is 1. The summed E-state index contributed by atoms with van der Waals surface area (Å²) in [5.41, 5.74) is 0.154. The summed E-state index contributed by atoms with van der Waals surface area (Å²) in [6.07, 6.45) is 1.73. The van der Waals surface area contributed by atoms with Crippen LogP contribution in [0.2, 0.25) is 0 Å². The number of carbonyl (C=O) groups excluding carboxylic acids is 2. The van der Waals surface area contributed by atoms with Crippen molar-refractivity contribution in [3.8, 4) is 0 Å². The predicted molar refractivity (Wildman–Crippen MR) is 85.9 cm³/mol. The first-order chi connectivity index (χ1) is 11.0. The quantitative estimate of drug-likeness (QED) is 0.776. The van der Waals surface area contributed by atoms with Gasteiger partial charge in [-0.15, -0.1) is 11.3 Å². The number of hydrogen-bond acceptors (Lipinski definition) is 7. The molecule has 8 heteroatoms. The molecule has 124 valence electrons. The highest BCUT2D eigenvalue weighted by atomic mass is 32.1. The van der Waals surface area contributed by atoms with Crippen LogP contribution in [0.25, 0.3) is 10.2 Å². The van der Waals surface area contributed by atoms with Crippen LogP contribution in [0.4, 0.5) is 0 Å². The van der Waals surface area contributed by atoms with Gasteiger partial charge in [-0.25, -0.2) is 14.6 Å². The lowest BCUT2D eigenvalue weighted by Gasteiger charge is -2.16. The van der Waals surface area contributed by atoms with E-state index >= 15 is 0 Å². The van der Waals surface area contributed by atoms with Crippen molar-refractivity contribution in [1.82, 2.24) is 9.55 Å². The van der Waals surface area contributed by atoms with Crippen LogP contribution in [0.15, 0.2) is 11.1 Å². The Morgan fingerprint density at radius 3 is 2.65 bits per heavy atom. The zero-order valence-electron chi connectivity index (χ0n) is 13.4. The summed E-state index contributed by atoms with van der Waals surface area (Å²) in [7, 11) is 1.28. The van der Waals surface area contributed by atoms with Gasteiger partial charge in [0.25, 0.3) is 5.56 Å². The van der Waals surface area contributed by atoms with Gasteiger partial charge in [0.2, 0.25) is 0 Å². The summed E-state index contributed by atoms with van der Waals surface area (Å²) in [5, 5.41) is 0.334. The largest absolute Gasteiger partial charge is 0.465 e. The van der Waals surface area contributed by atoms with E-state index in [1.54, 1.807) is 20.8 Å². The van der Waals surface area contributed by atoms with Crippen LogP contribution >= 0.6 is 11.3 Å². The normalized spacial score (nSPS) is 12.2. The second kappa shape index (κ2) is 6.91. The molecule has 2 heterocycles. The molecule has 0 fully saturated rings. The molecule has 2 aromatic rings. The first-order valence-electron chi connectivity index (χ1n) is 7.21. The van der Waals surface area contributed by atoms with Crippen molar-refractivity contribution in [3.05, 3.63) is 27.1 Å². The Kier molecular flexibility index (Phi) is 5.15. The third kappa shape index (κ3) is 2.98. The molecule has 0 amide bonds. The van der Waals surface area contributed by atoms with Crippen molar-refractivity contribution in [2.45, 2.75) is 33.2 Å². The number of esters is 2. The van der Waals surface area contributed by atoms with E-state index in [1.165, 1.54) is 18.0 Å². The Balaban J connectivity index is 2.62. The smallest absolute Gasteiger partial charge is 0.348 e. The maximum Gasteiger partial charge on any atom is 0.348 e. The Bertz CT molecular complexity index is 808. The van der Waals surface area contributed by atoms with Gasteiger partial charge in [0.1, 0.15) is 15.7 Å². The molecule has 0 saturated heterocycles. The molecular weight excluding hydrogens is 320 g/mol. The van der Waals surface area contributed by atoms with Crippen LogP contribution in [-0.2, 0) is 14.3 Å². The molecule has 1 atom stereocenters. The van der Waals surface area contributed by atoms with Gasteiger partial charge >= 0.3 is 11.9 Å². The summed E-state index contributed by atoms with van der Waals surface area (Å²) in [6.45, 7) is 5.41. The minimum Gasteiger partial charge on any atom is -0.465 e. The molecule has 1 unspecified atom stereocenters. The Morgan fingerprint density at radius 1 is 1.39 bits per heavy atom. The molecule has 0 saturated carbocycles. The fraction of sp³-hybridized carbons (Fsp3) is 0.467.